The summed E-state index contributed by atoms with van der Waals surface area (Å²) in [5.74, 6) is 0. The highest BCUT2D eigenvalue weighted by atomic mass is 15.0. The van der Waals surface area contributed by atoms with Crippen molar-refractivity contribution in [3.05, 3.63) is 54.9 Å². The first-order chi connectivity index (χ1) is 7.86. The molecular formula is C14H12N2. The molecule has 0 radical (unpaired) electrons. The van der Waals surface area contributed by atoms with E-state index in [4.69, 9.17) is 0 Å². The minimum atomic E-state index is 1.17. The second kappa shape index (κ2) is 3.49. The summed E-state index contributed by atoms with van der Waals surface area (Å²) in [4.78, 5) is 4.16. The van der Waals surface area contributed by atoms with E-state index in [0.717, 1.165) is 0 Å². The number of fused-ring (bicyclic) bond motifs is 1. The van der Waals surface area contributed by atoms with E-state index in [1.54, 1.807) is 0 Å². The average molecular weight is 208 g/mol. The third-order valence-electron chi connectivity index (χ3n) is 2.92. The van der Waals surface area contributed by atoms with Crippen molar-refractivity contribution in [2.75, 3.05) is 0 Å². The number of benzene rings is 1. The van der Waals surface area contributed by atoms with Crippen LogP contribution in [0.5, 0.6) is 0 Å². The van der Waals surface area contributed by atoms with Crippen molar-refractivity contribution >= 4 is 10.9 Å². The zero-order valence-electron chi connectivity index (χ0n) is 9.09. The standard InChI is InChI=1S/C14H12N2/c1-16-13(11-5-3-2-4-6-11)9-12-7-8-15-10-14(12)16/h2-10H,1H3. The predicted molar refractivity (Wildman–Crippen MR) is 66.2 cm³/mol. The average Bonchev–Trinajstić information content (AvgIpc) is 2.69. The van der Waals surface area contributed by atoms with Crippen LogP contribution in [0.25, 0.3) is 22.2 Å². The molecule has 3 aromatic rings. The summed E-state index contributed by atoms with van der Waals surface area (Å²) in [6, 6.07) is 14.7. The highest BCUT2D eigenvalue weighted by Gasteiger charge is 2.06. The summed E-state index contributed by atoms with van der Waals surface area (Å²) < 4.78 is 2.18. The lowest BCUT2D eigenvalue weighted by atomic mass is 10.1. The predicted octanol–water partition coefficient (Wildman–Crippen LogP) is 3.24. The van der Waals surface area contributed by atoms with Crippen molar-refractivity contribution in [3.63, 3.8) is 0 Å². The van der Waals surface area contributed by atoms with Crippen molar-refractivity contribution < 1.29 is 0 Å². The van der Waals surface area contributed by atoms with Gasteiger partial charge in [0.1, 0.15) is 0 Å². The smallest absolute Gasteiger partial charge is 0.0669 e. The fourth-order valence-corrected chi connectivity index (χ4v) is 2.06. The van der Waals surface area contributed by atoms with Gasteiger partial charge >= 0.3 is 0 Å². The maximum atomic E-state index is 4.16. The maximum Gasteiger partial charge on any atom is 0.0669 e. The molecule has 2 aromatic heterocycles. The second-order valence-corrected chi connectivity index (χ2v) is 3.89. The van der Waals surface area contributed by atoms with Crippen molar-refractivity contribution in [2.45, 2.75) is 0 Å². The van der Waals surface area contributed by atoms with Crippen LogP contribution >= 0.6 is 0 Å². The van der Waals surface area contributed by atoms with Crippen LogP contribution in [-0.4, -0.2) is 9.55 Å². The molecule has 0 unspecified atom stereocenters. The van der Waals surface area contributed by atoms with Crippen LogP contribution in [0.3, 0.4) is 0 Å². The SMILES string of the molecule is Cn1c(-c2ccccc2)cc2ccncc21. The fraction of sp³-hybridized carbons (Fsp3) is 0.0714. The Balaban J connectivity index is 2.29. The van der Waals surface area contributed by atoms with Gasteiger partial charge in [0.05, 0.1) is 11.7 Å². The second-order valence-electron chi connectivity index (χ2n) is 3.89. The van der Waals surface area contributed by atoms with Gasteiger partial charge < -0.3 is 4.57 Å². The molecule has 0 saturated carbocycles. The number of aromatic nitrogens is 2. The largest absolute Gasteiger partial charge is 0.342 e. The highest BCUT2D eigenvalue weighted by Crippen LogP contribution is 2.25. The zero-order chi connectivity index (χ0) is 11.0. The third-order valence-corrected chi connectivity index (χ3v) is 2.92. The first-order valence-corrected chi connectivity index (χ1v) is 5.31. The third kappa shape index (κ3) is 1.31. The Labute approximate surface area is 94.2 Å². The molecule has 2 nitrogen and oxygen atoms in total. The van der Waals surface area contributed by atoms with Gasteiger partial charge in [-0.05, 0) is 17.7 Å². The van der Waals surface area contributed by atoms with E-state index in [1.807, 2.05) is 24.5 Å². The molecule has 0 aliphatic heterocycles. The van der Waals surface area contributed by atoms with Crippen LogP contribution in [0.4, 0.5) is 0 Å². The van der Waals surface area contributed by atoms with Gasteiger partial charge in [-0.3, -0.25) is 4.98 Å². The molecule has 0 atom stereocenters. The van der Waals surface area contributed by atoms with Crippen LogP contribution in [0.1, 0.15) is 0 Å². The van der Waals surface area contributed by atoms with Crippen LogP contribution in [0.15, 0.2) is 54.9 Å². The van der Waals surface area contributed by atoms with Gasteiger partial charge in [-0.1, -0.05) is 30.3 Å². The monoisotopic (exact) mass is 208 g/mol. The molecule has 0 spiro atoms. The number of rotatable bonds is 1. The number of pyridine rings is 1. The summed E-state index contributed by atoms with van der Waals surface area (Å²) in [5, 5.41) is 1.23. The topological polar surface area (TPSA) is 17.8 Å². The van der Waals surface area contributed by atoms with Gasteiger partial charge in [-0.15, -0.1) is 0 Å². The summed E-state index contributed by atoms with van der Waals surface area (Å²) in [5.41, 5.74) is 3.63. The molecule has 3 rings (SSSR count). The molecule has 2 heteroatoms. The van der Waals surface area contributed by atoms with Gasteiger partial charge in [-0.25, -0.2) is 0 Å². The molecule has 1 aromatic carbocycles. The minimum absolute atomic E-state index is 1.17. The number of aryl methyl sites for hydroxylation is 1. The maximum absolute atomic E-state index is 4.16. The normalized spacial score (nSPS) is 10.8. The Morgan fingerprint density at radius 2 is 1.88 bits per heavy atom. The van der Waals surface area contributed by atoms with E-state index < -0.39 is 0 Å². The van der Waals surface area contributed by atoms with Gasteiger partial charge in [0.2, 0.25) is 0 Å². The van der Waals surface area contributed by atoms with E-state index in [-0.39, 0.29) is 0 Å². The number of hydrogen-bond donors (Lipinski definition) is 0. The van der Waals surface area contributed by atoms with Crippen molar-refractivity contribution in [2.24, 2.45) is 7.05 Å². The van der Waals surface area contributed by atoms with Gasteiger partial charge in [0.25, 0.3) is 0 Å². The summed E-state index contributed by atoms with van der Waals surface area (Å²) >= 11 is 0. The first-order valence-electron chi connectivity index (χ1n) is 5.31. The van der Waals surface area contributed by atoms with Crippen LogP contribution in [0, 0.1) is 0 Å². The van der Waals surface area contributed by atoms with E-state index in [9.17, 15) is 0 Å². The van der Waals surface area contributed by atoms with E-state index in [0.29, 0.717) is 0 Å². The molecule has 16 heavy (non-hydrogen) atoms. The van der Waals surface area contributed by atoms with Crippen molar-refractivity contribution in [1.29, 1.82) is 0 Å². The Morgan fingerprint density at radius 3 is 2.62 bits per heavy atom. The zero-order valence-corrected chi connectivity index (χ0v) is 9.09. The lowest BCUT2D eigenvalue weighted by molar-refractivity contribution is 0.974. The summed E-state index contributed by atoms with van der Waals surface area (Å²) in [6.45, 7) is 0. The first kappa shape index (κ1) is 9.16. The molecule has 78 valence electrons. The number of hydrogen-bond acceptors (Lipinski definition) is 1. The highest BCUT2D eigenvalue weighted by molar-refractivity contribution is 5.86. The Bertz CT molecular complexity index is 624. The molecule has 0 N–H and O–H groups in total. The number of nitrogens with zero attached hydrogens (tertiary/aromatic N) is 2. The van der Waals surface area contributed by atoms with Gasteiger partial charge in [0, 0.05) is 24.3 Å². The minimum Gasteiger partial charge on any atom is -0.342 e. The molecule has 0 fully saturated rings. The Morgan fingerprint density at radius 1 is 1.06 bits per heavy atom. The van der Waals surface area contributed by atoms with E-state index in [1.165, 1.54) is 22.2 Å². The summed E-state index contributed by atoms with van der Waals surface area (Å²) in [6.07, 6.45) is 3.74. The Kier molecular flexibility index (Phi) is 2.00. The molecule has 0 aliphatic rings. The molecule has 2 heterocycles. The molecule has 0 saturated heterocycles. The molecule has 0 aliphatic carbocycles. The van der Waals surface area contributed by atoms with Crippen molar-refractivity contribution in [1.82, 2.24) is 9.55 Å². The van der Waals surface area contributed by atoms with Crippen LogP contribution in [-0.2, 0) is 7.05 Å². The van der Waals surface area contributed by atoms with E-state index >= 15 is 0 Å². The molecule has 0 amide bonds. The quantitative estimate of drug-likeness (QED) is 0.600. The van der Waals surface area contributed by atoms with Gasteiger partial charge in [-0.2, -0.15) is 0 Å². The lowest BCUT2D eigenvalue weighted by Gasteiger charge is -2.03. The fourth-order valence-electron chi connectivity index (χ4n) is 2.06. The van der Waals surface area contributed by atoms with Crippen molar-refractivity contribution in [3.8, 4) is 11.3 Å². The van der Waals surface area contributed by atoms with Crippen LogP contribution < -0.4 is 0 Å². The van der Waals surface area contributed by atoms with Crippen LogP contribution in [0.2, 0.25) is 0 Å². The Hall–Kier alpha value is -2.09. The van der Waals surface area contributed by atoms with Gasteiger partial charge in [0.15, 0.2) is 0 Å². The molecule has 0 bridgehead atoms. The lowest BCUT2D eigenvalue weighted by Crippen LogP contribution is -1.90. The van der Waals surface area contributed by atoms with E-state index in [2.05, 4.69) is 46.9 Å². The summed E-state index contributed by atoms with van der Waals surface area (Å²) in [7, 11) is 2.08. The molecular weight excluding hydrogens is 196 g/mol.